The maximum Gasteiger partial charge on any atom is 0.269 e. The number of carbonyl (C=O) groups excluding carboxylic acids is 1. The van der Waals surface area contributed by atoms with Gasteiger partial charge in [-0.1, -0.05) is 20.8 Å². The summed E-state index contributed by atoms with van der Waals surface area (Å²) in [6.07, 6.45) is 2.23. The van der Waals surface area contributed by atoms with Crippen molar-refractivity contribution in [3.05, 3.63) is 52.1 Å². The van der Waals surface area contributed by atoms with Crippen molar-refractivity contribution in [2.24, 2.45) is 5.41 Å². The molecule has 0 aliphatic rings. The molecular weight excluding hydrogens is 401 g/mol. The molecule has 0 saturated carbocycles. The van der Waals surface area contributed by atoms with Crippen LogP contribution >= 0.6 is 15.9 Å². The van der Waals surface area contributed by atoms with Gasteiger partial charge in [0, 0.05) is 18.3 Å². The topological polar surface area (TPSA) is 81.9 Å². The molecule has 8 heteroatoms. The second-order valence-corrected chi connectivity index (χ2v) is 7.74. The van der Waals surface area contributed by atoms with Crippen LogP contribution in [-0.2, 0) is 0 Å². The maximum absolute atomic E-state index is 13.1. The fraction of sp³-hybridized carbons (Fsp3) is 0.333. The highest BCUT2D eigenvalue weighted by molar-refractivity contribution is 9.10. The molecule has 0 unspecified atom stereocenters. The number of amides is 1. The number of benzene rings is 1. The van der Waals surface area contributed by atoms with Gasteiger partial charge in [0.25, 0.3) is 5.91 Å². The van der Waals surface area contributed by atoms with Gasteiger partial charge in [0.05, 0.1) is 4.47 Å². The van der Waals surface area contributed by atoms with Crippen LogP contribution in [0.5, 0.6) is 0 Å². The van der Waals surface area contributed by atoms with E-state index in [0.29, 0.717) is 22.4 Å². The van der Waals surface area contributed by atoms with Gasteiger partial charge in [-0.05, 0) is 52.0 Å². The Bertz CT molecular complexity index is 827. The standard InChI is InChI=1S/C18H19BrFN5O/c1-18(2,3)8-9-25(16-14(19)11-22-15(10-21)23-16)24-17(26)12-4-6-13(20)7-5-12/h4-7,11H,8-9H2,1-3H3,(H,24,26). The average molecular weight is 420 g/mol. The van der Waals surface area contributed by atoms with Crippen molar-refractivity contribution < 1.29 is 9.18 Å². The molecule has 0 spiro atoms. The van der Waals surface area contributed by atoms with E-state index in [1.807, 2.05) is 6.07 Å². The summed E-state index contributed by atoms with van der Waals surface area (Å²) in [5.74, 6) is -0.428. The molecule has 2 rings (SSSR count). The first-order valence-corrected chi connectivity index (χ1v) is 8.75. The Labute approximate surface area is 160 Å². The smallest absolute Gasteiger partial charge is 0.267 e. The number of carbonyl (C=O) groups is 1. The van der Waals surface area contributed by atoms with E-state index in [2.05, 4.69) is 52.1 Å². The van der Waals surface area contributed by atoms with Gasteiger partial charge in [-0.15, -0.1) is 0 Å². The largest absolute Gasteiger partial charge is 0.269 e. The lowest BCUT2D eigenvalue weighted by Crippen LogP contribution is -2.44. The number of nitriles is 1. The minimum absolute atomic E-state index is 0.00000941. The molecule has 0 radical (unpaired) electrons. The van der Waals surface area contributed by atoms with Gasteiger partial charge in [-0.2, -0.15) is 10.2 Å². The Hall–Kier alpha value is -2.53. The molecule has 2 aromatic rings. The summed E-state index contributed by atoms with van der Waals surface area (Å²) < 4.78 is 13.6. The monoisotopic (exact) mass is 419 g/mol. The minimum Gasteiger partial charge on any atom is -0.267 e. The summed E-state index contributed by atoms with van der Waals surface area (Å²) in [5, 5.41) is 10.6. The van der Waals surface area contributed by atoms with Gasteiger partial charge in [0.1, 0.15) is 11.9 Å². The van der Waals surface area contributed by atoms with Crippen LogP contribution in [0.3, 0.4) is 0 Å². The van der Waals surface area contributed by atoms with Crippen molar-refractivity contribution >= 4 is 27.7 Å². The van der Waals surface area contributed by atoms with E-state index in [0.717, 1.165) is 6.42 Å². The third-order valence-electron chi connectivity index (χ3n) is 3.51. The number of hydrogen-bond donors (Lipinski definition) is 1. The Morgan fingerprint density at radius 2 is 2.00 bits per heavy atom. The van der Waals surface area contributed by atoms with Crippen molar-refractivity contribution in [1.29, 1.82) is 5.26 Å². The molecule has 136 valence electrons. The molecule has 1 amide bonds. The van der Waals surface area contributed by atoms with Crippen molar-refractivity contribution in [2.75, 3.05) is 11.6 Å². The summed E-state index contributed by atoms with van der Waals surface area (Å²) in [5.41, 5.74) is 3.12. The lowest BCUT2D eigenvalue weighted by atomic mass is 9.92. The van der Waals surface area contributed by atoms with E-state index in [1.165, 1.54) is 30.5 Å². The van der Waals surface area contributed by atoms with E-state index in [4.69, 9.17) is 5.26 Å². The SMILES string of the molecule is CC(C)(C)CCN(NC(=O)c1ccc(F)cc1)c1nc(C#N)ncc1Br. The Morgan fingerprint density at radius 3 is 2.58 bits per heavy atom. The van der Waals surface area contributed by atoms with Crippen LogP contribution in [0.2, 0.25) is 0 Å². The van der Waals surface area contributed by atoms with Gasteiger partial charge in [0.2, 0.25) is 5.82 Å². The fourth-order valence-electron chi connectivity index (χ4n) is 2.05. The minimum atomic E-state index is -0.414. The predicted octanol–water partition coefficient (Wildman–Crippen LogP) is 3.84. The number of rotatable bonds is 5. The van der Waals surface area contributed by atoms with Crippen LogP contribution in [0, 0.1) is 22.6 Å². The summed E-state index contributed by atoms with van der Waals surface area (Å²) in [7, 11) is 0. The second kappa shape index (κ2) is 8.23. The predicted molar refractivity (Wildman–Crippen MR) is 99.7 cm³/mol. The van der Waals surface area contributed by atoms with E-state index < -0.39 is 11.7 Å². The number of nitrogens with one attached hydrogen (secondary N) is 1. The zero-order valence-electron chi connectivity index (χ0n) is 14.8. The summed E-state index contributed by atoms with van der Waals surface area (Å²) in [6, 6.07) is 7.15. The summed E-state index contributed by atoms with van der Waals surface area (Å²) in [6.45, 7) is 6.73. The van der Waals surface area contributed by atoms with Gasteiger partial charge in [-0.25, -0.2) is 9.37 Å². The average Bonchev–Trinajstić information content (AvgIpc) is 2.59. The molecule has 0 aliphatic heterocycles. The van der Waals surface area contributed by atoms with E-state index >= 15 is 0 Å². The van der Waals surface area contributed by atoms with Crippen molar-refractivity contribution in [1.82, 2.24) is 15.4 Å². The maximum atomic E-state index is 13.1. The highest BCUT2D eigenvalue weighted by Crippen LogP contribution is 2.25. The Balaban J connectivity index is 2.30. The molecule has 0 atom stereocenters. The first-order chi connectivity index (χ1) is 12.2. The Morgan fingerprint density at radius 1 is 1.35 bits per heavy atom. The number of anilines is 1. The lowest BCUT2D eigenvalue weighted by Gasteiger charge is -2.28. The van der Waals surface area contributed by atoms with Crippen LogP contribution < -0.4 is 10.4 Å². The van der Waals surface area contributed by atoms with E-state index in [9.17, 15) is 9.18 Å². The van der Waals surface area contributed by atoms with Gasteiger partial charge in [0.15, 0.2) is 5.82 Å². The number of hydrazine groups is 1. The first kappa shape index (κ1) is 19.8. The van der Waals surface area contributed by atoms with Crippen LogP contribution in [0.1, 0.15) is 43.4 Å². The van der Waals surface area contributed by atoms with Crippen LogP contribution in [0.25, 0.3) is 0 Å². The molecule has 0 saturated heterocycles. The molecule has 0 aliphatic carbocycles. The molecular formula is C18H19BrFN5O. The van der Waals surface area contributed by atoms with Crippen molar-refractivity contribution in [3.8, 4) is 6.07 Å². The number of nitrogens with zero attached hydrogens (tertiary/aromatic N) is 4. The highest BCUT2D eigenvalue weighted by atomic mass is 79.9. The van der Waals surface area contributed by atoms with Crippen LogP contribution in [-0.4, -0.2) is 22.4 Å². The zero-order chi connectivity index (χ0) is 19.3. The molecule has 1 aromatic carbocycles. The third kappa shape index (κ3) is 5.49. The van der Waals surface area contributed by atoms with Crippen LogP contribution in [0.4, 0.5) is 10.2 Å². The Kier molecular flexibility index (Phi) is 6.27. The number of hydrogen-bond acceptors (Lipinski definition) is 5. The zero-order valence-corrected chi connectivity index (χ0v) is 16.3. The molecule has 1 heterocycles. The third-order valence-corrected chi connectivity index (χ3v) is 4.07. The second-order valence-electron chi connectivity index (χ2n) is 6.89. The molecule has 26 heavy (non-hydrogen) atoms. The van der Waals surface area contributed by atoms with Gasteiger partial charge < -0.3 is 0 Å². The summed E-state index contributed by atoms with van der Waals surface area (Å²) in [4.78, 5) is 20.6. The van der Waals surface area contributed by atoms with Crippen LogP contribution in [0.15, 0.2) is 34.9 Å². The molecule has 0 bridgehead atoms. The molecule has 1 N–H and O–H groups in total. The van der Waals surface area contributed by atoms with Gasteiger partial charge in [-0.3, -0.25) is 15.2 Å². The fourth-order valence-corrected chi connectivity index (χ4v) is 2.46. The van der Waals surface area contributed by atoms with Gasteiger partial charge >= 0.3 is 0 Å². The molecule has 0 fully saturated rings. The lowest BCUT2D eigenvalue weighted by molar-refractivity contribution is 0.0947. The van der Waals surface area contributed by atoms with E-state index in [-0.39, 0.29) is 11.2 Å². The summed E-state index contributed by atoms with van der Waals surface area (Å²) >= 11 is 3.36. The first-order valence-electron chi connectivity index (χ1n) is 7.96. The number of halogens is 2. The highest BCUT2D eigenvalue weighted by Gasteiger charge is 2.20. The normalized spacial score (nSPS) is 10.9. The molecule has 1 aromatic heterocycles. The van der Waals surface area contributed by atoms with Crippen molar-refractivity contribution in [2.45, 2.75) is 27.2 Å². The quantitative estimate of drug-likeness (QED) is 0.744. The van der Waals surface area contributed by atoms with Crippen molar-refractivity contribution in [3.63, 3.8) is 0 Å². The number of aromatic nitrogens is 2. The van der Waals surface area contributed by atoms with E-state index in [1.54, 1.807) is 5.01 Å². The molecule has 6 nitrogen and oxygen atoms in total.